The van der Waals surface area contributed by atoms with Crippen molar-refractivity contribution in [2.45, 2.75) is 36.2 Å². The summed E-state index contributed by atoms with van der Waals surface area (Å²) < 4.78 is 27.3. The Labute approximate surface area is 220 Å². The number of carboxylic acids is 1. The summed E-state index contributed by atoms with van der Waals surface area (Å²) in [5.74, 6) is -1.57. The number of sulfonamides is 1. The predicted molar refractivity (Wildman–Crippen MR) is 140 cm³/mol. The van der Waals surface area contributed by atoms with Gasteiger partial charge in [0.2, 0.25) is 21.8 Å². The SMILES string of the molecule is O=C(CNC1=NCCN1)Nc1ccc(C[C@H](NC(=O)[C@@H]2CCCN2S(=O)(=O)c2ccccc2)C(=O)O)cc1. The molecule has 5 N–H and O–H groups in total. The summed E-state index contributed by atoms with van der Waals surface area (Å²) in [5.41, 5.74) is 1.16. The summed E-state index contributed by atoms with van der Waals surface area (Å²) in [6.45, 7) is 1.61. The highest BCUT2D eigenvalue weighted by Crippen LogP contribution is 2.26. The van der Waals surface area contributed by atoms with E-state index in [4.69, 9.17) is 0 Å². The molecular formula is C25H30N6O6S. The Balaban J connectivity index is 1.34. The summed E-state index contributed by atoms with van der Waals surface area (Å²) in [4.78, 5) is 41.3. The molecule has 0 aliphatic carbocycles. The van der Waals surface area contributed by atoms with E-state index < -0.39 is 34.0 Å². The molecule has 202 valence electrons. The van der Waals surface area contributed by atoms with E-state index in [1.807, 2.05) is 0 Å². The Bertz CT molecular complexity index is 1300. The van der Waals surface area contributed by atoms with E-state index in [1.54, 1.807) is 42.5 Å². The molecule has 13 heteroatoms. The number of hydrogen-bond donors (Lipinski definition) is 5. The van der Waals surface area contributed by atoms with Gasteiger partial charge in [0.15, 0.2) is 5.96 Å². The maximum Gasteiger partial charge on any atom is 0.326 e. The minimum atomic E-state index is -3.90. The Morgan fingerprint density at radius 1 is 1.11 bits per heavy atom. The van der Waals surface area contributed by atoms with Crippen molar-refractivity contribution in [3.63, 3.8) is 0 Å². The quantitative estimate of drug-likeness (QED) is 0.282. The van der Waals surface area contributed by atoms with Gasteiger partial charge in [0.1, 0.15) is 12.1 Å². The topological polar surface area (TPSA) is 169 Å². The van der Waals surface area contributed by atoms with Gasteiger partial charge in [-0.05, 0) is 42.7 Å². The number of nitrogens with zero attached hydrogens (tertiary/aromatic N) is 2. The normalized spacial score (nSPS) is 18.2. The monoisotopic (exact) mass is 542 g/mol. The van der Waals surface area contributed by atoms with Gasteiger partial charge < -0.3 is 26.4 Å². The van der Waals surface area contributed by atoms with Crippen molar-refractivity contribution in [3.05, 3.63) is 60.2 Å². The third-order valence-electron chi connectivity index (χ3n) is 6.24. The van der Waals surface area contributed by atoms with Crippen molar-refractivity contribution in [2.24, 2.45) is 4.99 Å². The van der Waals surface area contributed by atoms with Gasteiger partial charge in [-0.3, -0.25) is 14.6 Å². The summed E-state index contributed by atoms with van der Waals surface area (Å²) in [6, 6.07) is 12.2. The zero-order valence-corrected chi connectivity index (χ0v) is 21.4. The van der Waals surface area contributed by atoms with E-state index >= 15 is 0 Å². The molecule has 1 fully saturated rings. The zero-order valence-electron chi connectivity index (χ0n) is 20.6. The first-order valence-corrected chi connectivity index (χ1v) is 13.7. The summed E-state index contributed by atoms with van der Waals surface area (Å²) >= 11 is 0. The lowest BCUT2D eigenvalue weighted by Gasteiger charge is -2.25. The van der Waals surface area contributed by atoms with Crippen molar-refractivity contribution in [3.8, 4) is 0 Å². The third-order valence-corrected chi connectivity index (χ3v) is 8.16. The molecule has 0 saturated carbocycles. The summed E-state index contributed by atoms with van der Waals surface area (Å²) in [6.07, 6.45) is 0.784. The van der Waals surface area contributed by atoms with E-state index in [1.165, 1.54) is 12.1 Å². The molecule has 12 nitrogen and oxygen atoms in total. The van der Waals surface area contributed by atoms with Gasteiger partial charge in [-0.2, -0.15) is 4.31 Å². The zero-order chi connectivity index (χ0) is 27.1. The van der Waals surface area contributed by atoms with Crippen LogP contribution in [-0.4, -0.2) is 79.8 Å². The van der Waals surface area contributed by atoms with Gasteiger partial charge in [0.25, 0.3) is 0 Å². The van der Waals surface area contributed by atoms with Crippen molar-refractivity contribution in [2.75, 3.05) is 31.5 Å². The largest absolute Gasteiger partial charge is 0.480 e. The van der Waals surface area contributed by atoms with Crippen molar-refractivity contribution in [1.82, 2.24) is 20.3 Å². The average molecular weight is 543 g/mol. The first kappa shape index (κ1) is 27.1. The molecule has 2 aromatic rings. The number of nitrogens with one attached hydrogen (secondary N) is 4. The number of aliphatic imine (C=N–C) groups is 1. The minimum absolute atomic E-state index is 0.0134. The number of aliphatic carboxylic acids is 1. The van der Waals surface area contributed by atoms with Gasteiger partial charge in [0.05, 0.1) is 18.0 Å². The first-order valence-electron chi connectivity index (χ1n) is 12.2. The molecule has 38 heavy (non-hydrogen) atoms. The number of carbonyl (C=O) groups excluding carboxylic acids is 2. The minimum Gasteiger partial charge on any atom is -0.480 e. The fourth-order valence-corrected chi connectivity index (χ4v) is 6.01. The molecule has 2 atom stereocenters. The Hall–Kier alpha value is -3.97. The Kier molecular flexibility index (Phi) is 8.59. The molecule has 2 aliphatic rings. The van der Waals surface area contributed by atoms with Crippen LogP contribution in [0.15, 0.2) is 64.5 Å². The van der Waals surface area contributed by atoms with Crippen LogP contribution < -0.4 is 21.3 Å². The maximum absolute atomic E-state index is 13.1. The van der Waals surface area contributed by atoms with Crippen molar-refractivity contribution < 1.29 is 27.9 Å². The smallest absolute Gasteiger partial charge is 0.326 e. The number of carboxylic acid groups (broad SMARTS) is 1. The molecule has 2 aliphatic heterocycles. The van der Waals surface area contributed by atoms with Gasteiger partial charge in [-0.1, -0.05) is 30.3 Å². The van der Waals surface area contributed by atoms with E-state index in [0.29, 0.717) is 36.6 Å². The number of guanidine groups is 1. The third kappa shape index (κ3) is 6.66. The molecule has 2 amide bonds. The second-order valence-electron chi connectivity index (χ2n) is 8.95. The van der Waals surface area contributed by atoms with Crippen molar-refractivity contribution in [1.29, 1.82) is 0 Å². The highest BCUT2D eigenvalue weighted by atomic mass is 32.2. The highest BCUT2D eigenvalue weighted by molar-refractivity contribution is 7.89. The molecule has 2 heterocycles. The van der Waals surface area contributed by atoms with Crippen LogP contribution in [0.3, 0.4) is 0 Å². The molecule has 1 saturated heterocycles. The first-order chi connectivity index (χ1) is 18.2. The molecule has 0 unspecified atom stereocenters. The second kappa shape index (κ2) is 12.0. The number of benzene rings is 2. The average Bonchev–Trinajstić information content (AvgIpc) is 3.61. The van der Waals surface area contributed by atoms with E-state index in [9.17, 15) is 27.9 Å². The lowest BCUT2D eigenvalue weighted by atomic mass is 10.0. The van der Waals surface area contributed by atoms with Crippen LogP contribution in [0.4, 0.5) is 5.69 Å². The molecule has 0 aromatic heterocycles. The van der Waals surface area contributed by atoms with Gasteiger partial charge in [-0.25, -0.2) is 13.2 Å². The molecule has 4 rings (SSSR count). The number of rotatable bonds is 10. The number of amides is 2. The van der Waals surface area contributed by atoms with Gasteiger partial charge in [-0.15, -0.1) is 0 Å². The number of anilines is 1. The van der Waals surface area contributed by atoms with Crippen LogP contribution in [0, 0.1) is 0 Å². The number of hydrogen-bond acceptors (Lipinski definition) is 8. The van der Waals surface area contributed by atoms with Crippen LogP contribution in [0.25, 0.3) is 0 Å². The fraction of sp³-hybridized carbons (Fsp3) is 0.360. The van der Waals surface area contributed by atoms with Gasteiger partial charge >= 0.3 is 5.97 Å². The molecule has 0 spiro atoms. The van der Waals surface area contributed by atoms with Crippen LogP contribution in [0.2, 0.25) is 0 Å². The molecule has 0 bridgehead atoms. The summed E-state index contributed by atoms with van der Waals surface area (Å²) in [5, 5.41) is 20.9. The Morgan fingerprint density at radius 3 is 2.50 bits per heavy atom. The predicted octanol–water partition coefficient (Wildman–Crippen LogP) is 0.139. The highest BCUT2D eigenvalue weighted by Gasteiger charge is 2.40. The summed E-state index contributed by atoms with van der Waals surface area (Å²) in [7, 11) is -3.90. The standard InChI is InChI=1S/C25H30N6O6S/c32-22(16-28-25-26-12-13-27-25)29-18-10-8-17(9-11-18)15-20(24(34)35)30-23(33)21-7-4-14-31(21)38(36,37)19-5-2-1-3-6-19/h1-3,5-6,8-11,20-21H,4,7,12-16H2,(H,29,32)(H,30,33)(H,34,35)(H2,26,27,28)/t20-,21-/m0/s1. The second-order valence-corrected chi connectivity index (χ2v) is 10.8. The number of carbonyl (C=O) groups is 3. The van der Waals surface area contributed by atoms with Crippen LogP contribution in [0.1, 0.15) is 18.4 Å². The Morgan fingerprint density at radius 2 is 1.84 bits per heavy atom. The maximum atomic E-state index is 13.1. The van der Waals surface area contributed by atoms with Crippen LogP contribution >= 0.6 is 0 Å². The lowest BCUT2D eigenvalue weighted by molar-refractivity contribution is -0.142. The molecule has 2 aromatic carbocycles. The van der Waals surface area contributed by atoms with E-state index in [0.717, 1.165) is 10.8 Å². The van der Waals surface area contributed by atoms with Crippen molar-refractivity contribution >= 4 is 39.5 Å². The van der Waals surface area contributed by atoms with E-state index in [2.05, 4.69) is 26.3 Å². The van der Waals surface area contributed by atoms with Crippen LogP contribution in [0.5, 0.6) is 0 Å². The molecular weight excluding hydrogens is 512 g/mol. The molecule has 0 radical (unpaired) electrons. The van der Waals surface area contributed by atoms with E-state index in [-0.39, 0.29) is 30.3 Å². The van der Waals surface area contributed by atoms with Crippen LogP contribution in [-0.2, 0) is 30.8 Å². The lowest BCUT2D eigenvalue weighted by Crippen LogP contribution is -2.51. The van der Waals surface area contributed by atoms with Gasteiger partial charge in [0, 0.05) is 25.2 Å². The fourth-order valence-electron chi connectivity index (χ4n) is 4.33.